The lowest BCUT2D eigenvalue weighted by Gasteiger charge is -2.16. The van der Waals surface area contributed by atoms with Crippen LogP contribution in [0.15, 0.2) is 30.3 Å². The van der Waals surface area contributed by atoms with Crippen LogP contribution >= 0.6 is 22.9 Å². The average molecular weight is 364 g/mol. The molecule has 0 spiro atoms. The number of amides is 1. The Morgan fingerprint density at radius 1 is 1.38 bits per heavy atom. The molecule has 1 atom stereocenters. The molecule has 0 fully saturated rings. The lowest BCUT2D eigenvalue weighted by molar-refractivity contribution is -0.119. The molecule has 0 unspecified atom stereocenters. The molecule has 1 amide bonds. The average Bonchev–Trinajstić information content (AvgIpc) is 2.95. The summed E-state index contributed by atoms with van der Waals surface area (Å²) in [5.41, 5.74) is 1.82. The maximum Gasteiger partial charge on any atom is 0.348 e. The van der Waals surface area contributed by atoms with E-state index in [2.05, 4.69) is 12.2 Å². The molecule has 126 valence electrons. The maximum atomic E-state index is 12.1. The molecule has 1 aliphatic rings. The number of carbonyl (C=O) groups is 2. The minimum Gasteiger partial charge on any atom is -0.451 e. The van der Waals surface area contributed by atoms with Gasteiger partial charge in [0.05, 0.1) is 0 Å². The van der Waals surface area contributed by atoms with Crippen LogP contribution in [0, 0.1) is 5.92 Å². The van der Waals surface area contributed by atoms with Crippen molar-refractivity contribution < 1.29 is 14.3 Å². The van der Waals surface area contributed by atoms with Crippen molar-refractivity contribution in [2.24, 2.45) is 5.92 Å². The lowest BCUT2D eigenvalue weighted by Crippen LogP contribution is -2.20. The van der Waals surface area contributed by atoms with Gasteiger partial charge in [0, 0.05) is 15.6 Å². The van der Waals surface area contributed by atoms with Gasteiger partial charge in [-0.05, 0) is 55.0 Å². The molecule has 1 aliphatic carbocycles. The first kappa shape index (κ1) is 17.0. The number of benzene rings is 1. The summed E-state index contributed by atoms with van der Waals surface area (Å²) in [6.07, 6.45) is 3.18. The SMILES string of the molecule is C[C@H]1CCc2sc(C(=O)OCC(=O)Nc3cccc(Cl)c3)cc2C1. The van der Waals surface area contributed by atoms with Crippen molar-refractivity contribution in [2.75, 3.05) is 11.9 Å². The number of aryl methyl sites for hydroxylation is 1. The molecule has 0 saturated heterocycles. The molecular formula is C18H18ClNO3S. The zero-order valence-electron chi connectivity index (χ0n) is 13.3. The van der Waals surface area contributed by atoms with E-state index in [-0.39, 0.29) is 12.5 Å². The van der Waals surface area contributed by atoms with Crippen LogP contribution in [0.2, 0.25) is 5.02 Å². The highest BCUT2D eigenvalue weighted by Gasteiger charge is 2.21. The van der Waals surface area contributed by atoms with E-state index in [0.29, 0.717) is 21.5 Å². The second-order valence-corrected chi connectivity index (χ2v) is 7.61. The van der Waals surface area contributed by atoms with Gasteiger partial charge in [-0.15, -0.1) is 11.3 Å². The molecule has 0 saturated carbocycles. The van der Waals surface area contributed by atoms with Crippen LogP contribution in [0.3, 0.4) is 0 Å². The maximum absolute atomic E-state index is 12.1. The van der Waals surface area contributed by atoms with Crippen LogP contribution in [-0.2, 0) is 22.4 Å². The van der Waals surface area contributed by atoms with Crippen molar-refractivity contribution in [1.82, 2.24) is 0 Å². The summed E-state index contributed by atoms with van der Waals surface area (Å²) in [7, 11) is 0. The molecule has 24 heavy (non-hydrogen) atoms. The summed E-state index contributed by atoms with van der Waals surface area (Å²) in [4.78, 5) is 25.9. The molecule has 0 aliphatic heterocycles. The first-order valence-corrected chi connectivity index (χ1v) is 9.05. The standard InChI is InChI=1S/C18H18ClNO3S/c1-11-5-6-15-12(7-11)8-16(24-15)18(22)23-10-17(21)20-14-4-2-3-13(19)9-14/h2-4,8-9,11H,5-7,10H2,1H3,(H,20,21)/t11-/m0/s1. The number of rotatable bonds is 4. The highest BCUT2D eigenvalue weighted by Crippen LogP contribution is 2.32. The van der Waals surface area contributed by atoms with Gasteiger partial charge in [-0.25, -0.2) is 4.79 Å². The Hall–Kier alpha value is -1.85. The molecule has 0 bridgehead atoms. The van der Waals surface area contributed by atoms with Crippen molar-refractivity contribution in [3.63, 3.8) is 0 Å². The van der Waals surface area contributed by atoms with E-state index in [1.165, 1.54) is 21.8 Å². The summed E-state index contributed by atoms with van der Waals surface area (Å²) in [6, 6.07) is 8.72. The smallest absolute Gasteiger partial charge is 0.348 e. The molecule has 6 heteroatoms. The number of carbonyl (C=O) groups excluding carboxylic acids is 2. The van der Waals surface area contributed by atoms with Crippen molar-refractivity contribution in [1.29, 1.82) is 0 Å². The molecule has 1 N–H and O–H groups in total. The Labute approximate surface area is 149 Å². The fourth-order valence-corrected chi connectivity index (χ4v) is 4.06. The van der Waals surface area contributed by atoms with E-state index in [1.807, 2.05) is 6.07 Å². The van der Waals surface area contributed by atoms with Crippen LogP contribution in [0.1, 0.15) is 33.5 Å². The predicted molar refractivity (Wildman–Crippen MR) is 95.9 cm³/mol. The molecule has 4 nitrogen and oxygen atoms in total. The van der Waals surface area contributed by atoms with E-state index < -0.39 is 5.97 Å². The van der Waals surface area contributed by atoms with E-state index in [9.17, 15) is 9.59 Å². The van der Waals surface area contributed by atoms with E-state index in [0.717, 1.165) is 19.3 Å². The van der Waals surface area contributed by atoms with Crippen LogP contribution < -0.4 is 5.32 Å². The number of ether oxygens (including phenoxy) is 1. The van der Waals surface area contributed by atoms with Crippen molar-refractivity contribution in [3.8, 4) is 0 Å². The first-order valence-electron chi connectivity index (χ1n) is 7.85. The zero-order chi connectivity index (χ0) is 17.1. The summed E-state index contributed by atoms with van der Waals surface area (Å²) in [5, 5.41) is 3.18. The number of halogens is 1. The number of fused-ring (bicyclic) bond motifs is 1. The Balaban J connectivity index is 1.55. The van der Waals surface area contributed by atoms with Gasteiger partial charge in [0.15, 0.2) is 6.61 Å². The Morgan fingerprint density at radius 2 is 2.21 bits per heavy atom. The van der Waals surface area contributed by atoms with Crippen LogP contribution in [0.25, 0.3) is 0 Å². The van der Waals surface area contributed by atoms with Crippen molar-refractivity contribution in [3.05, 3.63) is 50.7 Å². The van der Waals surface area contributed by atoms with E-state index in [1.54, 1.807) is 24.3 Å². The first-order chi connectivity index (χ1) is 11.5. The molecule has 1 aromatic carbocycles. The molecule has 2 aromatic rings. The number of esters is 1. The second-order valence-electron chi connectivity index (χ2n) is 6.04. The normalized spacial score (nSPS) is 16.3. The molecule has 3 rings (SSSR count). The highest BCUT2D eigenvalue weighted by atomic mass is 35.5. The molecule has 1 aromatic heterocycles. The fourth-order valence-electron chi connectivity index (χ4n) is 2.77. The van der Waals surface area contributed by atoms with E-state index in [4.69, 9.17) is 16.3 Å². The molecule has 0 radical (unpaired) electrons. The van der Waals surface area contributed by atoms with Crippen molar-refractivity contribution >= 4 is 40.5 Å². The minimum absolute atomic E-state index is 0.315. The fraction of sp³-hybridized carbons (Fsp3) is 0.333. The number of hydrogen-bond acceptors (Lipinski definition) is 4. The molecule has 1 heterocycles. The Bertz CT molecular complexity index is 771. The molecular weight excluding hydrogens is 346 g/mol. The lowest BCUT2D eigenvalue weighted by atomic mass is 9.90. The monoisotopic (exact) mass is 363 g/mol. The number of hydrogen-bond donors (Lipinski definition) is 1. The predicted octanol–water partition coefficient (Wildman–Crippen LogP) is 4.32. The summed E-state index contributed by atoms with van der Waals surface area (Å²) in [5.74, 6) is -0.177. The van der Waals surface area contributed by atoms with Crippen LogP contribution in [-0.4, -0.2) is 18.5 Å². The van der Waals surface area contributed by atoms with Gasteiger partial charge in [0.25, 0.3) is 5.91 Å². The number of nitrogens with one attached hydrogen (secondary N) is 1. The van der Waals surface area contributed by atoms with Gasteiger partial charge in [0.2, 0.25) is 0 Å². The van der Waals surface area contributed by atoms with E-state index >= 15 is 0 Å². The third-order valence-electron chi connectivity index (χ3n) is 3.97. The van der Waals surface area contributed by atoms with Gasteiger partial charge in [-0.2, -0.15) is 0 Å². The third-order valence-corrected chi connectivity index (χ3v) is 5.43. The summed E-state index contributed by atoms with van der Waals surface area (Å²) in [6.45, 7) is 1.91. The van der Waals surface area contributed by atoms with Crippen molar-refractivity contribution in [2.45, 2.75) is 26.2 Å². The zero-order valence-corrected chi connectivity index (χ0v) is 14.9. The minimum atomic E-state index is -0.441. The Morgan fingerprint density at radius 3 is 3.00 bits per heavy atom. The number of thiophene rings is 1. The van der Waals surface area contributed by atoms with Crippen LogP contribution in [0.5, 0.6) is 0 Å². The van der Waals surface area contributed by atoms with Gasteiger partial charge in [-0.1, -0.05) is 24.6 Å². The third kappa shape index (κ3) is 4.16. The summed E-state index contributed by atoms with van der Waals surface area (Å²) >= 11 is 7.34. The van der Waals surface area contributed by atoms with Gasteiger partial charge >= 0.3 is 5.97 Å². The van der Waals surface area contributed by atoms with Gasteiger partial charge in [0.1, 0.15) is 4.88 Å². The topological polar surface area (TPSA) is 55.4 Å². The Kier molecular flexibility index (Phi) is 5.21. The quantitative estimate of drug-likeness (QED) is 0.823. The number of anilines is 1. The second kappa shape index (κ2) is 7.36. The van der Waals surface area contributed by atoms with Gasteiger partial charge in [-0.3, -0.25) is 4.79 Å². The van der Waals surface area contributed by atoms with Gasteiger partial charge < -0.3 is 10.1 Å². The highest BCUT2D eigenvalue weighted by molar-refractivity contribution is 7.14. The summed E-state index contributed by atoms with van der Waals surface area (Å²) < 4.78 is 5.12. The van der Waals surface area contributed by atoms with Crippen LogP contribution in [0.4, 0.5) is 5.69 Å². The largest absolute Gasteiger partial charge is 0.451 e.